The maximum atomic E-state index is 10.3. The lowest BCUT2D eigenvalue weighted by Gasteiger charge is -2.21. The second-order valence-corrected chi connectivity index (χ2v) is 5.16. The van der Waals surface area contributed by atoms with Crippen LogP contribution in [-0.4, -0.2) is 15.1 Å². The first-order valence-electron chi connectivity index (χ1n) is 6.14. The van der Waals surface area contributed by atoms with Crippen LogP contribution >= 0.6 is 0 Å². The second kappa shape index (κ2) is 3.90. The summed E-state index contributed by atoms with van der Waals surface area (Å²) in [7, 11) is 0. The van der Waals surface area contributed by atoms with Crippen LogP contribution in [0.25, 0.3) is 21.8 Å². The quantitative estimate of drug-likeness (QED) is 0.654. The van der Waals surface area contributed by atoms with Gasteiger partial charge in [-0.1, -0.05) is 18.2 Å². The second-order valence-electron chi connectivity index (χ2n) is 5.16. The summed E-state index contributed by atoms with van der Waals surface area (Å²) in [5.41, 5.74) is 7.28. The molecule has 0 aliphatic rings. The normalized spacial score (nSPS) is 12.2. The van der Waals surface area contributed by atoms with Crippen LogP contribution in [0.1, 0.15) is 19.4 Å². The molecule has 3 aromatic rings. The summed E-state index contributed by atoms with van der Waals surface area (Å²) >= 11 is 0. The molecule has 0 fully saturated rings. The van der Waals surface area contributed by atoms with Crippen LogP contribution in [-0.2, 0) is 5.60 Å². The number of rotatable bonds is 1. The maximum Gasteiger partial charge on any atom is 0.150 e. The zero-order valence-electron chi connectivity index (χ0n) is 10.9. The lowest BCUT2D eigenvalue weighted by molar-refractivity contribution is 0.0802. The fourth-order valence-corrected chi connectivity index (χ4v) is 2.40. The molecule has 4 heteroatoms. The van der Waals surface area contributed by atoms with E-state index < -0.39 is 5.60 Å². The van der Waals surface area contributed by atoms with Crippen molar-refractivity contribution in [3.8, 4) is 0 Å². The van der Waals surface area contributed by atoms with Gasteiger partial charge >= 0.3 is 0 Å². The lowest BCUT2D eigenvalue weighted by Crippen LogP contribution is -2.16. The van der Waals surface area contributed by atoms with E-state index in [1.54, 1.807) is 20.0 Å². The largest absolute Gasteiger partial charge is 0.386 e. The van der Waals surface area contributed by atoms with Crippen molar-refractivity contribution >= 4 is 27.6 Å². The SMILES string of the molecule is CC(C)(O)c1ccnc2c(N)nc3ccccc3c12. The summed E-state index contributed by atoms with van der Waals surface area (Å²) in [6.45, 7) is 3.51. The molecule has 1 aromatic carbocycles. The fraction of sp³-hybridized carbons (Fsp3) is 0.200. The van der Waals surface area contributed by atoms with Gasteiger partial charge in [0, 0.05) is 17.0 Å². The van der Waals surface area contributed by atoms with Gasteiger partial charge in [-0.15, -0.1) is 0 Å². The van der Waals surface area contributed by atoms with E-state index in [9.17, 15) is 5.11 Å². The van der Waals surface area contributed by atoms with E-state index in [0.29, 0.717) is 11.3 Å². The minimum atomic E-state index is -0.961. The molecule has 0 aliphatic heterocycles. The number of pyridine rings is 2. The molecule has 3 N–H and O–H groups in total. The zero-order chi connectivity index (χ0) is 13.6. The molecule has 0 spiro atoms. The van der Waals surface area contributed by atoms with Gasteiger partial charge in [-0.05, 0) is 31.5 Å². The Hall–Kier alpha value is -2.20. The summed E-state index contributed by atoms with van der Waals surface area (Å²) in [5.74, 6) is 0.389. The first kappa shape index (κ1) is 11.9. The minimum Gasteiger partial charge on any atom is -0.386 e. The van der Waals surface area contributed by atoms with Crippen molar-refractivity contribution in [2.75, 3.05) is 5.73 Å². The van der Waals surface area contributed by atoms with Crippen LogP contribution in [0.3, 0.4) is 0 Å². The number of para-hydroxylation sites is 1. The van der Waals surface area contributed by atoms with Gasteiger partial charge in [0.25, 0.3) is 0 Å². The smallest absolute Gasteiger partial charge is 0.150 e. The Morgan fingerprint density at radius 2 is 1.89 bits per heavy atom. The van der Waals surface area contributed by atoms with Crippen LogP contribution in [0.2, 0.25) is 0 Å². The maximum absolute atomic E-state index is 10.3. The molecule has 0 amide bonds. The number of anilines is 1. The number of hydrogen-bond acceptors (Lipinski definition) is 4. The number of hydrogen-bond donors (Lipinski definition) is 2. The van der Waals surface area contributed by atoms with Crippen molar-refractivity contribution in [1.29, 1.82) is 0 Å². The van der Waals surface area contributed by atoms with E-state index in [4.69, 9.17) is 5.73 Å². The molecular weight excluding hydrogens is 238 g/mol. The standard InChI is InChI=1S/C15H15N3O/c1-15(2,19)10-7-8-17-13-12(10)9-5-3-4-6-11(9)18-14(13)16/h3-8,19H,1-2H3,(H2,16,18). The van der Waals surface area contributed by atoms with E-state index in [1.807, 2.05) is 30.3 Å². The molecule has 0 radical (unpaired) electrons. The Balaban J connectivity index is 2.60. The van der Waals surface area contributed by atoms with E-state index in [-0.39, 0.29) is 0 Å². The van der Waals surface area contributed by atoms with Crippen LogP contribution in [0.15, 0.2) is 36.5 Å². The molecule has 0 atom stereocenters. The third-order valence-corrected chi connectivity index (χ3v) is 3.27. The van der Waals surface area contributed by atoms with Gasteiger partial charge in [0.1, 0.15) is 5.52 Å². The van der Waals surface area contributed by atoms with Gasteiger partial charge in [-0.2, -0.15) is 0 Å². The van der Waals surface area contributed by atoms with Gasteiger partial charge in [0.2, 0.25) is 0 Å². The number of nitrogen functional groups attached to an aromatic ring is 1. The highest BCUT2D eigenvalue weighted by atomic mass is 16.3. The number of aliphatic hydroxyl groups is 1. The molecule has 0 bridgehead atoms. The Morgan fingerprint density at radius 1 is 1.16 bits per heavy atom. The summed E-state index contributed by atoms with van der Waals surface area (Å²) in [6, 6.07) is 9.57. The van der Waals surface area contributed by atoms with Gasteiger partial charge in [-0.25, -0.2) is 4.98 Å². The van der Waals surface area contributed by atoms with Gasteiger partial charge in [-0.3, -0.25) is 4.98 Å². The van der Waals surface area contributed by atoms with E-state index in [2.05, 4.69) is 9.97 Å². The molecular formula is C15H15N3O. The third-order valence-electron chi connectivity index (χ3n) is 3.27. The molecule has 96 valence electrons. The van der Waals surface area contributed by atoms with Crippen LogP contribution in [0.4, 0.5) is 5.82 Å². The van der Waals surface area contributed by atoms with Crippen LogP contribution < -0.4 is 5.73 Å². The van der Waals surface area contributed by atoms with Gasteiger partial charge in [0.15, 0.2) is 5.82 Å². The van der Waals surface area contributed by atoms with E-state index in [0.717, 1.165) is 21.9 Å². The highest BCUT2D eigenvalue weighted by molar-refractivity contribution is 6.09. The van der Waals surface area contributed by atoms with Gasteiger partial charge in [0.05, 0.1) is 11.1 Å². The molecule has 19 heavy (non-hydrogen) atoms. The number of fused-ring (bicyclic) bond motifs is 3. The van der Waals surface area contributed by atoms with E-state index >= 15 is 0 Å². The third kappa shape index (κ3) is 1.81. The number of aromatic nitrogens is 2. The number of nitrogens with two attached hydrogens (primary N) is 1. The van der Waals surface area contributed by atoms with Crippen LogP contribution in [0, 0.1) is 0 Å². The number of benzene rings is 1. The lowest BCUT2D eigenvalue weighted by atomic mass is 9.93. The summed E-state index contributed by atoms with van der Waals surface area (Å²) in [6.07, 6.45) is 1.66. The predicted octanol–water partition coefficient (Wildman–Crippen LogP) is 2.59. The molecule has 3 rings (SSSR count). The summed E-state index contributed by atoms with van der Waals surface area (Å²) in [5, 5.41) is 12.2. The Morgan fingerprint density at radius 3 is 2.63 bits per heavy atom. The molecule has 0 unspecified atom stereocenters. The Labute approximate surface area is 110 Å². The zero-order valence-corrected chi connectivity index (χ0v) is 10.9. The molecule has 2 aromatic heterocycles. The predicted molar refractivity (Wildman–Crippen MR) is 76.7 cm³/mol. The summed E-state index contributed by atoms with van der Waals surface area (Å²) in [4.78, 5) is 8.67. The molecule has 2 heterocycles. The fourth-order valence-electron chi connectivity index (χ4n) is 2.40. The van der Waals surface area contributed by atoms with Crippen molar-refractivity contribution in [1.82, 2.24) is 9.97 Å². The van der Waals surface area contributed by atoms with Crippen molar-refractivity contribution in [2.24, 2.45) is 0 Å². The van der Waals surface area contributed by atoms with Crippen molar-refractivity contribution < 1.29 is 5.11 Å². The Kier molecular flexibility index (Phi) is 2.43. The monoisotopic (exact) mass is 253 g/mol. The summed E-state index contributed by atoms with van der Waals surface area (Å²) < 4.78 is 0. The van der Waals surface area contributed by atoms with Crippen LogP contribution in [0.5, 0.6) is 0 Å². The molecule has 0 saturated carbocycles. The highest BCUT2D eigenvalue weighted by Gasteiger charge is 2.21. The Bertz CT molecular complexity index is 775. The minimum absolute atomic E-state index is 0.389. The first-order valence-corrected chi connectivity index (χ1v) is 6.14. The molecule has 4 nitrogen and oxygen atoms in total. The molecule has 0 aliphatic carbocycles. The van der Waals surface area contributed by atoms with Crippen molar-refractivity contribution in [3.63, 3.8) is 0 Å². The number of nitrogens with zero attached hydrogens (tertiary/aromatic N) is 2. The van der Waals surface area contributed by atoms with Gasteiger partial charge < -0.3 is 10.8 Å². The van der Waals surface area contributed by atoms with Crippen molar-refractivity contribution in [3.05, 3.63) is 42.1 Å². The highest BCUT2D eigenvalue weighted by Crippen LogP contribution is 2.34. The first-order chi connectivity index (χ1) is 8.98. The van der Waals surface area contributed by atoms with E-state index in [1.165, 1.54) is 0 Å². The topological polar surface area (TPSA) is 72.0 Å². The average Bonchev–Trinajstić information content (AvgIpc) is 2.37. The molecule has 0 saturated heterocycles. The van der Waals surface area contributed by atoms with Crippen molar-refractivity contribution in [2.45, 2.75) is 19.4 Å². The average molecular weight is 253 g/mol.